The summed E-state index contributed by atoms with van der Waals surface area (Å²) < 4.78 is 16.6. The summed E-state index contributed by atoms with van der Waals surface area (Å²) in [7, 11) is 0. The number of rotatable bonds is 3. The lowest BCUT2D eigenvalue weighted by molar-refractivity contribution is -0.0915. The van der Waals surface area contributed by atoms with E-state index in [1.807, 2.05) is 0 Å². The maximum atomic E-state index is 10.2. The van der Waals surface area contributed by atoms with Crippen molar-refractivity contribution in [3.63, 3.8) is 0 Å². The smallest absolute Gasteiger partial charge is 0.102 e. The molecule has 18 heavy (non-hydrogen) atoms. The summed E-state index contributed by atoms with van der Waals surface area (Å²) in [5.74, 6) is 0. The van der Waals surface area contributed by atoms with Crippen molar-refractivity contribution in [3.05, 3.63) is 0 Å². The number of nitrogens with one attached hydrogen (secondary N) is 1. The predicted octanol–water partition coefficient (Wildman–Crippen LogP) is 0.0655. The van der Waals surface area contributed by atoms with Gasteiger partial charge in [0.25, 0.3) is 0 Å². The van der Waals surface area contributed by atoms with Crippen molar-refractivity contribution in [1.82, 2.24) is 5.32 Å². The van der Waals surface area contributed by atoms with Crippen LogP contribution >= 0.6 is 0 Å². The molecule has 0 aliphatic carbocycles. The lowest BCUT2D eigenvalue weighted by Crippen LogP contribution is -2.51. The number of aliphatic hydroxyl groups is 1. The number of hydrogen-bond acceptors (Lipinski definition) is 5. The molecule has 0 aromatic carbocycles. The van der Waals surface area contributed by atoms with E-state index in [-0.39, 0.29) is 5.60 Å². The summed E-state index contributed by atoms with van der Waals surface area (Å²) in [6.07, 6.45) is 3.73. The van der Waals surface area contributed by atoms with Crippen LogP contribution in [0.15, 0.2) is 0 Å². The largest absolute Gasteiger partial charge is 0.386 e. The molecular formula is C13H23NO4. The second-order valence-corrected chi connectivity index (χ2v) is 5.93. The molecule has 104 valence electrons. The van der Waals surface area contributed by atoms with Gasteiger partial charge in [-0.15, -0.1) is 0 Å². The molecule has 3 atom stereocenters. The molecule has 5 nitrogen and oxygen atoms in total. The lowest BCUT2D eigenvalue weighted by Gasteiger charge is -2.38. The maximum Gasteiger partial charge on any atom is 0.102 e. The van der Waals surface area contributed by atoms with E-state index < -0.39 is 5.60 Å². The topological polar surface area (TPSA) is 60.0 Å². The summed E-state index contributed by atoms with van der Waals surface area (Å²) in [6.45, 7) is 4.06. The van der Waals surface area contributed by atoms with Gasteiger partial charge in [-0.25, -0.2) is 0 Å². The number of hydrogen-bond donors (Lipinski definition) is 2. The molecule has 0 aromatic heterocycles. The Morgan fingerprint density at radius 1 is 1.11 bits per heavy atom. The average Bonchev–Trinajstić information content (AvgIpc) is 2.98. The van der Waals surface area contributed by atoms with Crippen LogP contribution in [0.25, 0.3) is 0 Å². The van der Waals surface area contributed by atoms with Crippen LogP contribution in [-0.4, -0.2) is 61.9 Å². The van der Waals surface area contributed by atoms with Crippen molar-refractivity contribution in [2.75, 3.05) is 39.6 Å². The van der Waals surface area contributed by atoms with Crippen LogP contribution in [0.1, 0.15) is 25.7 Å². The van der Waals surface area contributed by atoms with Gasteiger partial charge in [0.15, 0.2) is 0 Å². The molecule has 0 amide bonds. The zero-order valence-electron chi connectivity index (χ0n) is 10.8. The second-order valence-electron chi connectivity index (χ2n) is 5.93. The maximum absolute atomic E-state index is 10.2. The van der Waals surface area contributed by atoms with Crippen LogP contribution in [0.4, 0.5) is 0 Å². The monoisotopic (exact) mass is 257 g/mol. The Bertz CT molecular complexity index is 285. The highest BCUT2D eigenvalue weighted by atomic mass is 16.6. The fraction of sp³-hybridized carbons (Fsp3) is 1.00. The summed E-state index contributed by atoms with van der Waals surface area (Å²) in [5.41, 5.74) is -0.734. The first-order valence-electron chi connectivity index (χ1n) is 6.95. The van der Waals surface area contributed by atoms with E-state index in [9.17, 15) is 5.11 Å². The zero-order valence-corrected chi connectivity index (χ0v) is 10.8. The summed E-state index contributed by atoms with van der Waals surface area (Å²) in [6, 6.07) is 0.421. The third kappa shape index (κ3) is 2.70. The van der Waals surface area contributed by atoms with E-state index in [1.54, 1.807) is 0 Å². The van der Waals surface area contributed by atoms with Crippen molar-refractivity contribution < 1.29 is 19.3 Å². The van der Waals surface area contributed by atoms with Crippen molar-refractivity contribution in [1.29, 1.82) is 0 Å². The molecule has 0 saturated carbocycles. The molecular weight excluding hydrogens is 234 g/mol. The van der Waals surface area contributed by atoms with Gasteiger partial charge in [0.1, 0.15) is 5.60 Å². The van der Waals surface area contributed by atoms with E-state index in [0.717, 1.165) is 45.5 Å². The van der Waals surface area contributed by atoms with Gasteiger partial charge in [-0.2, -0.15) is 0 Å². The molecule has 0 aromatic rings. The van der Waals surface area contributed by atoms with E-state index in [2.05, 4.69) is 5.32 Å². The average molecular weight is 257 g/mol. The van der Waals surface area contributed by atoms with Gasteiger partial charge >= 0.3 is 0 Å². The third-order valence-corrected chi connectivity index (χ3v) is 4.36. The van der Waals surface area contributed by atoms with E-state index >= 15 is 0 Å². The minimum Gasteiger partial charge on any atom is -0.386 e. The standard InChI is InChI=1S/C13H23NO4/c15-12(2-5-16-9-12)8-14-11-1-4-18-13(7-11)3-6-17-10-13/h11,14-15H,1-10H2. The number of ether oxygens (including phenoxy) is 3. The Hall–Kier alpha value is -0.200. The van der Waals surface area contributed by atoms with E-state index in [0.29, 0.717) is 25.8 Å². The highest BCUT2D eigenvalue weighted by molar-refractivity contribution is 4.94. The van der Waals surface area contributed by atoms with Gasteiger partial charge in [0.2, 0.25) is 0 Å². The molecule has 0 bridgehead atoms. The molecule has 5 heteroatoms. The molecule has 2 N–H and O–H groups in total. The molecule has 3 rings (SSSR count). The van der Waals surface area contributed by atoms with Crippen LogP contribution in [0.2, 0.25) is 0 Å². The normalized spacial score (nSPS) is 44.8. The molecule has 3 saturated heterocycles. The summed E-state index contributed by atoms with van der Waals surface area (Å²) >= 11 is 0. The van der Waals surface area contributed by atoms with Gasteiger partial charge < -0.3 is 24.6 Å². The van der Waals surface area contributed by atoms with E-state index in [4.69, 9.17) is 14.2 Å². The van der Waals surface area contributed by atoms with Crippen molar-refractivity contribution in [2.45, 2.75) is 42.9 Å². The Morgan fingerprint density at radius 2 is 1.94 bits per heavy atom. The molecule has 3 aliphatic rings. The Kier molecular flexibility index (Phi) is 3.60. The molecule has 0 radical (unpaired) electrons. The van der Waals surface area contributed by atoms with Crippen LogP contribution in [0.3, 0.4) is 0 Å². The van der Waals surface area contributed by atoms with Gasteiger partial charge in [0, 0.05) is 45.2 Å². The first kappa shape index (κ1) is 12.8. The van der Waals surface area contributed by atoms with Crippen LogP contribution in [0, 0.1) is 0 Å². The highest BCUT2D eigenvalue weighted by Crippen LogP contribution is 2.33. The second kappa shape index (κ2) is 5.06. The lowest BCUT2D eigenvalue weighted by atomic mass is 9.89. The Morgan fingerprint density at radius 3 is 2.67 bits per heavy atom. The summed E-state index contributed by atoms with van der Waals surface area (Å²) in [5, 5.41) is 13.7. The van der Waals surface area contributed by atoms with Gasteiger partial charge in [-0.1, -0.05) is 0 Å². The molecule has 3 aliphatic heterocycles. The molecule has 3 unspecified atom stereocenters. The Balaban J connectivity index is 1.50. The minimum atomic E-state index is -0.669. The van der Waals surface area contributed by atoms with Crippen molar-refractivity contribution in [3.8, 4) is 0 Å². The van der Waals surface area contributed by atoms with Gasteiger partial charge in [0.05, 0.1) is 18.8 Å². The fourth-order valence-corrected chi connectivity index (χ4v) is 3.14. The van der Waals surface area contributed by atoms with Crippen molar-refractivity contribution in [2.24, 2.45) is 0 Å². The predicted molar refractivity (Wildman–Crippen MR) is 65.5 cm³/mol. The van der Waals surface area contributed by atoms with Gasteiger partial charge in [-0.3, -0.25) is 0 Å². The zero-order chi connectivity index (χ0) is 12.5. The van der Waals surface area contributed by atoms with Gasteiger partial charge in [-0.05, 0) is 12.8 Å². The first-order valence-corrected chi connectivity index (χ1v) is 6.95. The third-order valence-electron chi connectivity index (χ3n) is 4.36. The van der Waals surface area contributed by atoms with E-state index in [1.165, 1.54) is 0 Å². The minimum absolute atomic E-state index is 0.0648. The Labute approximate surface area is 108 Å². The SMILES string of the molecule is OC1(CNC2CCOC3(CCOC3)C2)CCOC1. The van der Waals surface area contributed by atoms with Crippen LogP contribution < -0.4 is 5.32 Å². The molecule has 3 fully saturated rings. The molecule has 3 heterocycles. The van der Waals surface area contributed by atoms with Crippen LogP contribution in [0.5, 0.6) is 0 Å². The quantitative estimate of drug-likeness (QED) is 0.749. The summed E-state index contributed by atoms with van der Waals surface area (Å²) in [4.78, 5) is 0. The van der Waals surface area contributed by atoms with Crippen molar-refractivity contribution >= 4 is 0 Å². The first-order chi connectivity index (χ1) is 8.70. The van der Waals surface area contributed by atoms with Crippen LogP contribution in [-0.2, 0) is 14.2 Å². The highest BCUT2D eigenvalue weighted by Gasteiger charge is 2.41. The molecule has 1 spiro atoms. The fourth-order valence-electron chi connectivity index (χ4n) is 3.14.